The predicted molar refractivity (Wildman–Crippen MR) is 224 cm³/mol. The van der Waals surface area contributed by atoms with Crippen LogP contribution in [0.25, 0.3) is 76.9 Å². The van der Waals surface area contributed by atoms with Gasteiger partial charge in [0.05, 0.1) is 0 Å². The van der Waals surface area contributed by atoms with Crippen molar-refractivity contribution in [2.75, 3.05) is 4.90 Å². The molecule has 0 unspecified atom stereocenters. The van der Waals surface area contributed by atoms with E-state index in [1.165, 1.54) is 54.7 Å². The number of nitrogens with zero attached hydrogens (tertiary/aromatic N) is 1. The van der Waals surface area contributed by atoms with Gasteiger partial charge in [0.25, 0.3) is 0 Å². The van der Waals surface area contributed by atoms with Crippen LogP contribution in [0.4, 0.5) is 17.1 Å². The van der Waals surface area contributed by atoms with E-state index in [1.54, 1.807) is 0 Å². The molecule has 0 amide bonds. The van der Waals surface area contributed by atoms with E-state index in [4.69, 9.17) is 4.42 Å². The van der Waals surface area contributed by atoms with Crippen molar-refractivity contribution in [2.24, 2.45) is 0 Å². The molecule has 0 radical (unpaired) electrons. The highest BCUT2D eigenvalue weighted by Gasteiger charge is 2.17. The van der Waals surface area contributed by atoms with Crippen LogP contribution < -0.4 is 4.90 Å². The Labute approximate surface area is 308 Å². The van der Waals surface area contributed by atoms with Gasteiger partial charge in [-0.15, -0.1) is 0 Å². The quantitative estimate of drug-likeness (QED) is 0.163. The van der Waals surface area contributed by atoms with Crippen LogP contribution in [0, 0.1) is 6.92 Å². The van der Waals surface area contributed by atoms with Crippen molar-refractivity contribution in [3.8, 4) is 33.4 Å². The highest BCUT2D eigenvalue weighted by molar-refractivity contribution is 6.14. The molecule has 0 saturated heterocycles. The number of para-hydroxylation sites is 1. The maximum Gasteiger partial charge on any atom is 0.143 e. The van der Waals surface area contributed by atoms with Crippen LogP contribution >= 0.6 is 0 Å². The normalized spacial score (nSPS) is 11.5. The molecule has 53 heavy (non-hydrogen) atoms. The van der Waals surface area contributed by atoms with Crippen molar-refractivity contribution in [2.45, 2.75) is 6.92 Å². The van der Waals surface area contributed by atoms with Crippen LogP contribution in [0.2, 0.25) is 0 Å². The maximum atomic E-state index is 6.47. The first-order chi connectivity index (χ1) is 26.2. The lowest BCUT2D eigenvalue weighted by molar-refractivity contribution is 0.670. The number of hydrogen-bond donors (Lipinski definition) is 0. The van der Waals surface area contributed by atoms with E-state index in [0.29, 0.717) is 0 Å². The zero-order valence-corrected chi connectivity index (χ0v) is 29.3. The minimum atomic E-state index is 0.925. The summed E-state index contributed by atoms with van der Waals surface area (Å²) in [5.74, 6) is 0. The second kappa shape index (κ2) is 12.7. The van der Waals surface area contributed by atoms with E-state index in [0.717, 1.165) is 44.7 Å². The first kappa shape index (κ1) is 30.9. The lowest BCUT2D eigenvalue weighted by atomic mass is 9.93. The summed E-state index contributed by atoms with van der Waals surface area (Å²) in [7, 11) is 0. The van der Waals surface area contributed by atoms with Crippen LogP contribution in [-0.4, -0.2) is 0 Å². The molecule has 9 aromatic carbocycles. The molecular weight excluding hydrogens is 643 g/mol. The third-order valence-corrected chi connectivity index (χ3v) is 10.6. The number of aryl methyl sites for hydroxylation is 1. The Morgan fingerprint density at radius 2 is 0.906 bits per heavy atom. The molecule has 2 heteroatoms. The zero-order valence-electron chi connectivity index (χ0n) is 29.3. The molecule has 1 heterocycles. The van der Waals surface area contributed by atoms with Crippen LogP contribution in [-0.2, 0) is 0 Å². The number of hydrogen-bond acceptors (Lipinski definition) is 2. The molecule has 1 aromatic heterocycles. The molecule has 0 aliphatic rings. The summed E-state index contributed by atoms with van der Waals surface area (Å²) in [5.41, 5.74) is 13.4. The molecule has 0 N–H and O–H groups in total. The van der Waals surface area contributed by atoms with Gasteiger partial charge in [-0.3, -0.25) is 0 Å². The smallest absolute Gasteiger partial charge is 0.143 e. The van der Waals surface area contributed by atoms with Crippen LogP contribution in [0.3, 0.4) is 0 Å². The first-order valence-corrected chi connectivity index (χ1v) is 18.2. The molecule has 0 aliphatic carbocycles. The average Bonchev–Trinajstić information content (AvgIpc) is 3.62. The average molecular weight is 678 g/mol. The molecule has 0 atom stereocenters. The molecule has 0 aliphatic heterocycles. The van der Waals surface area contributed by atoms with Crippen molar-refractivity contribution < 1.29 is 4.42 Å². The van der Waals surface area contributed by atoms with Crippen molar-refractivity contribution in [1.82, 2.24) is 0 Å². The lowest BCUT2D eigenvalue weighted by Gasteiger charge is -2.26. The number of fused-ring (bicyclic) bond motifs is 6. The lowest BCUT2D eigenvalue weighted by Crippen LogP contribution is -2.09. The molecule has 0 fully saturated rings. The second-order valence-corrected chi connectivity index (χ2v) is 13.8. The summed E-state index contributed by atoms with van der Waals surface area (Å²) < 4.78 is 6.47. The van der Waals surface area contributed by atoms with Gasteiger partial charge in [-0.2, -0.15) is 0 Å². The number of furan rings is 1. The Bertz CT molecular complexity index is 2920. The Balaban J connectivity index is 1.07. The van der Waals surface area contributed by atoms with Crippen molar-refractivity contribution in [3.63, 3.8) is 0 Å². The predicted octanol–water partition coefficient (Wildman–Crippen LogP) is 14.7. The highest BCUT2D eigenvalue weighted by Crippen LogP contribution is 2.41. The van der Waals surface area contributed by atoms with Crippen LogP contribution in [0.1, 0.15) is 5.56 Å². The van der Waals surface area contributed by atoms with E-state index in [-0.39, 0.29) is 0 Å². The van der Waals surface area contributed by atoms with Crippen molar-refractivity contribution in [3.05, 3.63) is 200 Å². The van der Waals surface area contributed by atoms with E-state index in [9.17, 15) is 0 Å². The van der Waals surface area contributed by atoms with E-state index < -0.39 is 0 Å². The van der Waals surface area contributed by atoms with Gasteiger partial charge in [0, 0.05) is 33.4 Å². The maximum absolute atomic E-state index is 6.47. The summed E-state index contributed by atoms with van der Waals surface area (Å²) in [5, 5.41) is 7.41. The Morgan fingerprint density at radius 3 is 1.60 bits per heavy atom. The minimum Gasteiger partial charge on any atom is -0.455 e. The van der Waals surface area contributed by atoms with Gasteiger partial charge in [-0.25, -0.2) is 0 Å². The number of rotatable bonds is 6. The first-order valence-electron chi connectivity index (χ1n) is 18.2. The molecule has 2 nitrogen and oxygen atoms in total. The Kier molecular flexibility index (Phi) is 7.40. The van der Waals surface area contributed by atoms with E-state index in [2.05, 4.69) is 206 Å². The van der Waals surface area contributed by atoms with E-state index >= 15 is 0 Å². The van der Waals surface area contributed by atoms with E-state index in [1.807, 2.05) is 0 Å². The molecule has 0 bridgehead atoms. The van der Waals surface area contributed by atoms with Gasteiger partial charge in [-0.1, -0.05) is 146 Å². The Morgan fingerprint density at radius 1 is 0.377 bits per heavy atom. The second-order valence-electron chi connectivity index (χ2n) is 13.8. The van der Waals surface area contributed by atoms with Gasteiger partial charge < -0.3 is 9.32 Å². The third kappa shape index (κ3) is 5.35. The van der Waals surface area contributed by atoms with Gasteiger partial charge in [-0.05, 0) is 110 Å². The summed E-state index contributed by atoms with van der Waals surface area (Å²) >= 11 is 0. The van der Waals surface area contributed by atoms with Crippen molar-refractivity contribution >= 4 is 60.5 Å². The molecule has 0 spiro atoms. The molecule has 250 valence electrons. The zero-order chi connectivity index (χ0) is 35.3. The Hall–Kier alpha value is -6.90. The van der Waals surface area contributed by atoms with Gasteiger partial charge in [0.15, 0.2) is 0 Å². The van der Waals surface area contributed by atoms with Crippen molar-refractivity contribution in [1.29, 1.82) is 0 Å². The third-order valence-electron chi connectivity index (χ3n) is 10.6. The monoisotopic (exact) mass is 677 g/mol. The largest absolute Gasteiger partial charge is 0.455 e. The summed E-state index contributed by atoms with van der Waals surface area (Å²) in [4.78, 5) is 2.34. The summed E-state index contributed by atoms with van der Waals surface area (Å²) in [6.07, 6.45) is 0. The number of benzene rings is 9. The molecule has 10 rings (SSSR count). The molecule has 10 aromatic rings. The SMILES string of the molecule is Cc1cccc2oc3c(-c4ccc(N(c5ccc(-c6ccccc6)cc5)c5ccc(-c6cc7ccccc7c7ccccc67)cc5)cc4)cccc3c12. The van der Waals surface area contributed by atoms with Gasteiger partial charge >= 0.3 is 0 Å². The fourth-order valence-corrected chi connectivity index (χ4v) is 8.01. The minimum absolute atomic E-state index is 0.925. The highest BCUT2D eigenvalue weighted by atomic mass is 16.3. The topological polar surface area (TPSA) is 16.4 Å². The molecular formula is C51H35NO. The van der Waals surface area contributed by atoms with Crippen LogP contribution in [0.5, 0.6) is 0 Å². The van der Waals surface area contributed by atoms with Gasteiger partial charge in [0.2, 0.25) is 0 Å². The fourth-order valence-electron chi connectivity index (χ4n) is 8.01. The summed E-state index contributed by atoms with van der Waals surface area (Å²) in [6, 6.07) is 69.7. The molecule has 0 saturated carbocycles. The fraction of sp³-hybridized carbons (Fsp3) is 0.0196. The van der Waals surface area contributed by atoms with Gasteiger partial charge in [0.1, 0.15) is 11.2 Å². The summed E-state index contributed by atoms with van der Waals surface area (Å²) in [6.45, 7) is 2.15. The van der Waals surface area contributed by atoms with Crippen LogP contribution in [0.15, 0.2) is 199 Å². The number of anilines is 3. The standard InChI is InChI=1S/C51H35NO/c1-34-11-9-20-49-50(34)47-19-10-18-44(51(47)53-49)37-23-29-41(30-24-37)52(40-27-21-36(22-28-40)35-12-3-2-4-13-35)42-31-25-38(26-32-42)48-33-39-14-5-6-15-43(39)45-16-7-8-17-46(45)48/h2-33H,1H3.